The Bertz CT molecular complexity index is 2210. The van der Waals surface area contributed by atoms with Gasteiger partial charge >= 0.3 is 0 Å². The number of anilines is 1. The molecule has 0 saturated heterocycles. The minimum Gasteiger partial charge on any atom is -0.351 e. The Kier molecular flexibility index (Phi) is 8.18. The molecule has 0 amide bonds. The molecule has 0 saturated carbocycles. The Morgan fingerprint density at radius 1 is 0.490 bits per heavy atom. The summed E-state index contributed by atoms with van der Waals surface area (Å²) in [5.74, 6) is 0.512. The Morgan fingerprint density at radius 3 is 1.20 bits per heavy atom. The lowest BCUT2D eigenvalue weighted by Gasteiger charge is -2.38. The molecular formula is C45H34N4O2. The lowest BCUT2D eigenvalue weighted by Crippen LogP contribution is -2.40. The molecule has 0 aliphatic rings. The molecule has 8 rings (SSSR count). The number of hydrogen-bond donors (Lipinski definition) is 1. The van der Waals surface area contributed by atoms with Crippen LogP contribution in [-0.2, 0) is 11.1 Å². The van der Waals surface area contributed by atoms with Gasteiger partial charge in [-0.15, -0.1) is 0 Å². The molecule has 0 spiro atoms. The van der Waals surface area contributed by atoms with Gasteiger partial charge in [-0.05, 0) is 39.4 Å². The minimum atomic E-state index is -0.951. The number of nitrogens with zero attached hydrogens (tertiary/aromatic N) is 3. The topological polar surface area (TPSA) is 73.0 Å². The van der Waals surface area contributed by atoms with Crippen LogP contribution in [0.2, 0.25) is 0 Å². The number of aromatic nitrogens is 2. The van der Waals surface area contributed by atoms with Crippen LogP contribution in [0.4, 0.5) is 11.5 Å². The zero-order valence-corrected chi connectivity index (χ0v) is 27.7. The number of rotatable bonds is 10. The highest BCUT2D eigenvalue weighted by molar-refractivity contribution is 5.93. The summed E-state index contributed by atoms with van der Waals surface area (Å²) in [7, 11) is 0. The van der Waals surface area contributed by atoms with Gasteiger partial charge in [-0.2, -0.15) is 5.10 Å². The van der Waals surface area contributed by atoms with Crippen molar-refractivity contribution >= 4 is 22.4 Å². The molecule has 7 aromatic carbocycles. The van der Waals surface area contributed by atoms with E-state index in [0.29, 0.717) is 11.2 Å². The van der Waals surface area contributed by atoms with Gasteiger partial charge in [-0.1, -0.05) is 182 Å². The molecule has 0 radical (unpaired) electrons. The highest BCUT2D eigenvalue weighted by Crippen LogP contribution is 2.46. The zero-order chi connectivity index (χ0) is 34.7. The predicted molar refractivity (Wildman–Crippen MR) is 204 cm³/mol. The van der Waals surface area contributed by atoms with E-state index in [0.717, 1.165) is 38.9 Å². The molecule has 0 bridgehead atoms. The summed E-state index contributed by atoms with van der Waals surface area (Å²) in [6.07, 6.45) is 0. The minimum absolute atomic E-state index is 0.0143. The zero-order valence-electron chi connectivity index (χ0n) is 27.7. The Balaban J connectivity index is 1.50. The Labute approximate surface area is 296 Å². The number of non-ortho nitro benzene ring substituents is 1. The SMILES string of the molecule is O=[N+]([O-])c1ccc2c(c1)c(NC(c1ccccc1)(c1ccccc1)c1ccccc1)nn2C(c1ccccc1)(c1ccccc1)c1ccccc1. The van der Waals surface area contributed by atoms with Gasteiger partial charge < -0.3 is 5.32 Å². The third-order valence-electron chi connectivity index (χ3n) is 9.69. The summed E-state index contributed by atoms with van der Waals surface area (Å²) in [6, 6.07) is 66.9. The largest absolute Gasteiger partial charge is 0.351 e. The normalized spacial score (nSPS) is 11.7. The van der Waals surface area contributed by atoms with Gasteiger partial charge in [-0.3, -0.25) is 10.1 Å². The van der Waals surface area contributed by atoms with Crippen molar-refractivity contribution in [2.24, 2.45) is 0 Å². The van der Waals surface area contributed by atoms with Crippen molar-refractivity contribution in [3.05, 3.63) is 244 Å². The van der Waals surface area contributed by atoms with Crippen LogP contribution in [0.1, 0.15) is 33.4 Å². The summed E-state index contributed by atoms with van der Waals surface area (Å²) >= 11 is 0. The summed E-state index contributed by atoms with van der Waals surface area (Å²) in [5, 5.41) is 22.4. The van der Waals surface area contributed by atoms with Crippen LogP contribution < -0.4 is 5.32 Å². The van der Waals surface area contributed by atoms with Crippen molar-refractivity contribution in [2.45, 2.75) is 11.1 Å². The third kappa shape index (κ3) is 5.34. The molecule has 0 fully saturated rings. The first kappa shape index (κ1) is 31.5. The molecule has 6 heteroatoms. The van der Waals surface area contributed by atoms with Crippen LogP contribution in [-0.4, -0.2) is 14.7 Å². The van der Waals surface area contributed by atoms with Gasteiger partial charge in [0.1, 0.15) is 11.1 Å². The van der Waals surface area contributed by atoms with E-state index in [1.54, 1.807) is 12.1 Å². The highest BCUT2D eigenvalue weighted by atomic mass is 16.6. The van der Waals surface area contributed by atoms with E-state index in [4.69, 9.17) is 5.10 Å². The number of hydrogen-bond acceptors (Lipinski definition) is 4. The van der Waals surface area contributed by atoms with E-state index >= 15 is 0 Å². The number of nitro groups is 1. The molecular weight excluding hydrogens is 629 g/mol. The average molecular weight is 663 g/mol. The van der Waals surface area contributed by atoms with Crippen LogP contribution in [0.3, 0.4) is 0 Å². The lowest BCUT2D eigenvalue weighted by molar-refractivity contribution is -0.384. The van der Waals surface area contributed by atoms with Crippen molar-refractivity contribution in [1.29, 1.82) is 0 Å². The maximum Gasteiger partial charge on any atom is 0.270 e. The fourth-order valence-electron chi connectivity index (χ4n) is 7.43. The number of nitrogens with one attached hydrogen (secondary N) is 1. The van der Waals surface area contributed by atoms with Crippen molar-refractivity contribution in [2.75, 3.05) is 5.32 Å². The Morgan fingerprint density at radius 2 is 0.843 bits per heavy atom. The van der Waals surface area contributed by atoms with Crippen molar-refractivity contribution < 1.29 is 4.92 Å². The van der Waals surface area contributed by atoms with E-state index < -0.39 is 11.1 Å². The van der Waals surface area contributed by atoms with Crippen LogP contribution in [0.25, 0.3) is 10.9 Å². The van der Waals surface area contributed by atoms with Crippen LogP contribution in [0.5, 0.6) is 0 Å². The maximum atomic E-state index is 12.3. The molecule has 1 heterocycles. The smallest absolute Gasteiger partial charge is 0.270 e. The lowest BCUT2D eigenvalue weighted by atomic mass is 9.77. The molecule has 51 heavy (non-hydrogen) atoms. The van der Waals surface area contributed by atoms with Gasteiger partial charge in [-0.25, -0.2) is 4.68 Å². The maximum absolute atomic E-state index is 12.3. The second-order valence-corrected chi connectivity index (χ2v) is 12.5. The second-order valence-electron chi connectivity index (χ2n) is 12.5. The highest BCUT2D eigenvalue weighted by Gasteiger charge is 2.43. The summed E-state index contributed by atoms with van der Waals surface area (Å²) in [4.78, 5) is 12.0. The standard InChI is InChI=1S/C45H34N4O2/c50-49(51)40-31-32-42-41(33-40)43(46-44(34-19-7-1-8-20-34,35-21-9-2-10-22-35)36-23-11-3-12-24-36)47-48(42)45(37-25-13-4-14-26-37,38-27-15-5-16-28-38)39-29-17-6-18-30-39/h1-33H,(H,46,47). The quantitative estimate of drug-likeness (QED) is 0.0899. The number of fused-ring (bicyclic) bond motifs is 1. The molecule has 0 unspecified atom stereocenters. The first-order valence-corrected chi connectivity index (χ1v) is 16.9. The van der Waals surface area contributed by atoms with Crippen molar-refractivity contribution in [3.63, 3.8) is 0 Å². The van der Waals surface area contributed by atoms with E-state index in [1.807, 2.05) is 120 Å². The van der Waals surface area contributed by atoms with E-state index in [9.17, 15) is 10.1 Å². The predicted octanol–water partition coefficient (Wildman–Crippen LogP) is 10.2. The van der Waals surface area contributed by atoms with E-state index in [1.165, 1.54) is 0 Å². The van der Waals surface area contributed by atoms with E-state index in [2.05, 4.69) is 78.1 Å². The first-order chi connectivity index (χ1) is 25.1. The van der Waals surface area contributed by atoms with Crippen LogP contribution >= 0.6 is 0 Å². The van der Waals surface area contributed by atoms with Gasteiger partial charge in [0.05, 0.1) is 15.8 Å². The monoisotopic (exact) mass is 662 g/mol. The molecule has 1 N–H and O–H groups in total. The van der Waals surface area contributed by atoms with Gasteiger partial charge in [0.15, 0.2) is 5.82 Å². The third-order valence-corrected chi connectivity index (χ3v) is 9.69. The average Bonchev–Trinajstić information content (AvgIpc) is 3.57. The van der Waals surface area contributed by atoms with Crippen molar-refractivity contribution in [1.82, 2.24) is 9.78 Å². The molecule has 0 atom stereocenters. The summed E-state index contributed by atoms with van der Waals surface area (Å²) in [6.45, 7) is 0. The number of nitro benzene ring substituents is 1. The van der Waals surface area contributed by atoms with Crippen LogP contribution in [0.15, 0.2) is 200 Å². The second kappa shape index (κ2) is 13.3. The molecule has 0 aliphatic heterocycles. The fourth-order valence-corrected chi connectivity index (χ4v) is 7.43. The van der Waals surface area contributed by atoms with Crippen LogP contribution in [0, 0.1) is 10.1 Å². The fraction of sp³-hybridized carbons (Fsp3) is 0.0444. The van der Waals surface area contributed by atoms with Gasteiger partial charge in [0, 0.05) is 12.1 Å². The van der Waals surface area contributed by atoms with Gasteiger partial charge in [0.25, 0.3) is 5.69 Å². The molecule has 0 aliphatic carbocycles. The number of benzene rings is 7. The first-order valence-electron chi connectivity index (χ1n) is 16.9. The molecule has 6 nitrogen and oxygen atoms in total. The molecule has 8 aromatic rings. The molecule has 1 aromatic heterocycles. The summed E-state index contributed by atoms with van der Waals surface area (Å²) < 4.78 is 2.04. The summed E-state index contributed by atoms with van der Waals surface area (Å²) in [5.41, 5.74) is 4.83. The van der Waals surface area contributed by atoms with E-state index in [-0.39, 0.29) is 10.6 Å². The Hall–Kier alpha value is -6.79. The molecule has 246 valence electrons. The van der Waals surface area contributed by atoms with Crippen molar-refractivity contribution in [3.8, 4) is 0 Å². The van der Waals surface area contributed by atoms with Gasteiger partial charge in [0.2, 0.25) is 0 Å².